The fourth-order valence-corrected chi connectivity index (χ4v) is 2.06. The van der Waals surface area contributed by atoms with E-state index in [-0.39, 0.29) is 0 Å². The third-order valence-electron chi connectivity index (χ3n) is 3.03. The molecule has 0 radical (unpaired) electrons. The molecule has 0 spiro atoms. The predicted octanol–water partition coefficient (Wildman–Crippen LogP) is 2.88. The lowest BCUT2D eigenvalue weighted by Gasteiger charge is -2.11. The van der Waals surface area contributed by atoms with Gasteiger partial charge in [0.1, 0.15) is 17.5 Å². The number of hydrogen-bond donors (Lipinski definition) is 0. The smallest absolute Gasteiger partial charge is 0.186 e. The monoisotopic (exact) mass is 270 g/mol. The topological polar surface area (TPSA) is 63.7 Å². The van der Waals surface area contributed by atoms with Crippen molar-refractivity contribution in [3.05, 3.63) is 35.7 Å². The lowest BCUT2D eigenvalue weighted by molar-refractivity contribution is 0.338. The Morgan fingerprint density at radius 3 is 2.80 bits per heavy atom. The van der Waals surface area contributed by atoms with Crippen molar-refractivity contribution in [3.63, 3.8) is 0 Å². The first-order valence-corrected chi connectivity index (χ1v) is 6.88. The molecule has 2 aromatic rings. The average molecular weight is 270 g/mol. The molecule has 2 rings (SSSR count). The lowest BCUT2D eigenvalue weighted by atomic mass is 10.1. The molecule has 1 aromatic heterocycles. The van der Waals surface area contributed by atoms with E-state index in [9.17, 15) is 0 Å². The van der Waals surface area contributed by atoms with E-state index in [1.807, 2.05) is 31.2 Å². The van der Waals surface area contributed by atoms with E-state index in [2.05, 4.69) is 23.3 Å². The zero-order valence-corrected chi connectivity index (χ0v) is 11.8. The molecule has 5 heteroatoms. The number of rotatable bonds is 6. The summed E-state index contributed by atoms with van der Waals surface area (Å²) in [6.07, 6.45) is 2.84. The third-order valence-corrected chi connectivity index (χ3v) is 3.03. The van der Waals surface area contributed by atoms with Crippen molar-refractivity contribution in [1.29, 1.82) is 5.26 Å². The first-order valence-electron chi connectivity index (χ1n) is 6.88. The van der Waals surface area contributed by atoms with Gasteiger partial charge >= 0.3 is 0 Å². The van der Waals surface area contributed by atoms with E-state index >= 15 is 0 Å². The summed E-state index contributed by atoms with van der Waals surface area (Å²) in [5.74, 6) is 0.752. The van der Waals surface area contributed by atoms with Crippen LogP contribution in [0.25, 0.3) is 5.69 Å². The number of hydrogen-bond acceptors (Lipinski definition) is 4. The highest BCUT2D eigenvalue weighted by atomic mass is 16.5. The number of nitrogens with zero attached hydrogens (tertiary/aromatic N) is 4. The Morgan fingerprint density at radius 1 is 1.30 bits per heavy atom. The second kappa shape index (κ2) is 6.71. The first-order chi connectivity index (χ1) is 9.81. The van der Waals surface area contributed by atoms with Gasteiger partial charge in [0.25, 0.3) is 0 Å². The van der Waals surface area contributed by atoms with E-state index in [1.54, 1.807) is 4.68 Å². The van der Waals surface area contributed by atoms with Gasteiger partial charge in [-0.3, -0.25) is 0 Å². The third kappa shape index (κ3) is 2.80. The minimum Gasteiger partial charge on any atom is -0.492 e. The molecule has 0 saturated carbocycles. The van der Waals surface area contributed by atoms with Crippen LogP contribution in [0, 0.1) is 11.3 Å². The number of para-hydroxylation sites is 2. The molecule has 0 aliphatic rings. The van der Waals surface area contributed by atoms with Crippen LogP contribution in [-0.2, 0) is 6.42 Å². The molecule has 0 fully saturated rings. The Morgan fingerprint density at radius 2 is 2.10 bits per heavy atom. The van der Waals surface area contributed by atoms with Crippen LogP contribution in [0.15, 0.2) is 24.3 Å². The van der Waals surface area contributed by atoms with Crippen molar-refractivity contribution in [2.24, 2.45) is 0 Å². The van der Waals surface area contributed by atoms with Crippen molar-refractivity contribution in [2.45, 2.75) is 33.1 Å². The zero-order valence-electron chi connectivity index (χ0n) is 11.8. The molecule has 0 bridgehead atoms. The van der Waals surface area contributed by atoms with Crippen molar-refractivity contribution in [3.8, 4) is 17.5 Å². The van der Waals surface area contributed by atoms with Crippen LogP contribution in [0.3, 0.4) is 0 Å². The van der Waals surface area contributed by atoms with Crippen molar-refractivity contribution >= 4 is 0 Å². The quantitative estimate of drug-likeness (QED) is 0.809. The van der Waals surface area contributed by atoms with Gasteiger partial charge in [0.05, 0.1) is 12.3 Å². The van der Waals surface area contributed by atoms with E-state index in [0.29, 0.717) is 12.3 Å². The Kier molecular flexibility index (Phi) is 4.72. The van der Waals surface area contributed by atoms with E-state index in [1.165, 1.54) is 0 Å². The number of benzene rings is 1. The van der Waals surface area contributed by atoms with E-state index in [0.717, 1.165) is 36.4 Å². The maximum absolute atomic E-state index is 9.15. The summed E-state index contributed by atoms with van der Waals surface area (Å²) < 4.78 is 7.34. The summed E-state index contributed by atoms with van der Waals surface area (Å²) >= 11 is 0. The molecular weight excluding hydrogens is 252 g/mol. The Bertz CT molecular complexity index is 613. The molecule has 1 aromatic carbocycles. The summed E-state index contributed by atoms with van der Waals surface area (Å²) in [6.45, 7) is 4.65. The second-order valence-electron chi connectivity index (χ2n) is 4.41. The fraction of sp³-hybridized carbons (Fsp3) is 0.400. The highest BCUT2D eigenvalue weighted by Gasteiger charge is 2.16. The minimum absolute atomic E-state index is 0.393. The van der Waals surface area contributed by atoms with Gasteiger partial charge < -0.3 is 4.74 Å². The van der Waals surface area contributed by atoms with Crippen LogP contribution >= 0.6 is 0 Å². The summed E-state index contributed by atoms with van der Waals surface area (Å²) in [5, 5.41) is 17.2. The number of nitriles is 1. The number of aromatic nitrogens is 3. The van der Waals surface area contributed by atoms with Gasteiger partial charge in [-0.25, -0.2) is 4.68 Å². The summed E-state index contributed by atoms with van der Waals surface area (Å²) in [7, 11) is 0. The number of unbranched alkanes of at least 4 members (excludes halogenated alkanes) is 1. The maximum atomic E-state index is 9.15. The van der Waals surface area contributed by atoms with Crippen molar-refractivity contribution < 1.29 is 4.74 Å². The summed E-state index contributed by atoms with van der Waals surface area (Å²) in [5.41, 5.74) is 2.07. The van der Waals surface area contributed by atoms with E-state index in [4.69, 9.17) is 10.00 Å². The van der Waals surface area contributed by atoms with Crippen molar-refractivity contribution in [2.75, 3.05) is 6.61 Å². The SMILES string of the molecule is CCCCc1c(C#N)nnn1-c1ccccc1OCC. The molecule has 5 nitrogen and oxygen atoms in total. The molecular formula is C15H18N4O. The standard InChI is InChI=1S/C15H18N4O/c1-3-5-8-13-12(11-16)17-18-19(13)14-9-6-7-10-15(14)20-4-2/h6-7,9-10H,3-5,8H2,1-2H3. The minimum atomic E-state index is 0.393. The molecule has 1 heterocycles. The van der Waals surface area contributed by atoms with Gasteiger partial charge in [-0.05, 0) is 31.9 Å². The van der Waals surface area contributed by atoms with Crippen LogP contribution in [-0.4, -0.2) is 21.6 Å². The summed E-state index contributed by atoms with van der Waals surface area (Å²) in [6, 6.07) is 9.78. The number of ether oxygens (including phenoxy) is 1. The zero-order chi connectivity index (χ0) is 14.4. The Labute approximate surface area is 118 Å². The molecule has 0 saturated heterocycles. The second-order valence-corrected chi connectivity index (χ2v) is 4.41. The van der Waals surface area contributed by atoms with Crippen molar-refractivity contribution in [1.82, 2.24) is 15.0 Å². The molecule has 0 aliphatic carbocycles. The highest BCUT2D eigenvalue weighted by Crippen LogP contribution is 2.24. The Balaban J connectivity index is 2.47. The highest BCUT2D eigenvalue weighted by molar-refractivity contribution is 5.48. The van der Waals surface area contributed by atoms with Crippen LogP contribution < -0.4 is 4.74 Å². The molecule has 0 atom stereocenters. The predicted molar refractivity (Wildman–Crippen MR) is 75.9 cm³/mol. The average Bonchev–Trinajstić information content (AvgIpc) is 2.88. The maximum Gasteiger partial charge on any atom is 0.186 e. The van der Waals surface area contributed by atoms with Crippen LogP contribution in [0.1, 0.15) is 38.1 Å². The van der Waals surface area contributed by atoms with Gasteiger partial charge in [0.2, 0.25) is 0 Å². The molecule has 0 unspecified atom stereocenters. The van der Waals surface area contributed by atoms with Gasteiger partial charge in [0.15, 0.2) is 5.69 Å². The van der Waals surface area contributed by atoms with Crippen LogP contribution in [0.2, 0.25) is 0 Å². The van der Waals surface area contributed by atoms with Gasteiger partial charge in [-0.1, -0.05) is 30.7 Å². The lowest BCUT2D eigenvalue weighted by Crippen LogP contribution is -2.06. The van der Waals surface area contributed by atoms with Gasteiger partial charge in [-0.15, -0.1) is 5.10 Å². The fourth-order valence-electron chi connectivity index (χ4n) is 2.06. The first kappa shape index (κ1) is 14.1. The normalized spacial score (nSPS) is 10.2. The van der Waals surface area contributed by atoms with Crippen LogP contribution in [0.4, 0.5) is 0 Å². The van der Waals surface area contributed by atoms with Gasteiger partial charge in [-0.2, -0.15) is 5.26 Å². The molecule has 0 aliphatic heterocycles. The summed E-state index contributed by atoms with van der Waals surface area (Å²) in [4.78, 5) is 0. The molecule has 0 amide bonds. The molecule has 0 N–H and O–H groups in total. The van der Waals surface area contributed by atoms with Crippen LogP contribution in [0.5, 0.6) is 5.75 Å². The molecule has 20 heavy (non-hydrogen) atoms. The van der Waals surface area contributed by atoms with Gasteiger partial charge in [0, 0.05) is 0 Å². The largest absolute Gasteiger partial charge is 0.492 e. The van der Waals surface area contributed by atoms with E-state index < -0.39 is 0 Å². The Hall–Kier alpha value is -2.35. The molecule has 104 valence electrons.